The number of primary amides is 1. The molecule has 1 atom stereocenters. The zero-order chi connectivity index (χ0) is 20.4. The van der Waals surface area contributed by atoms with Crippen LogP contribution in [0.1, 0.15) is 11.1 Å². The van der Waals surface area contributed by atoms with Crippen molar-refractivity contribution in [1.29, 1.82) is 0 Å². The summed E-state index contributed by atoms with van der Waals surface area (Å²) in [5, 5.41) is 4.83. The second kappa shape index (κ2) is 10.4. The first-order chi connectivity index (χ1) is 13.5. The SMILES string of the molecule is N/C=C(/NC(=O)[C@H](Cc1ccccc1)NC(=O)OCc1ccccc1)C(N)=O. The first kappa shape index (κ1) is 20.5. The van der Waals surface area contributed by atoms with E-state index in [2.05, 4.69) is 10.6 Å². The van der Waals surface area contributed by atoms with E-state index >= 15 is 0 Å². The number of amides is 3. The summed E-state index contributed by atoms with van der Waals surface area (Å²) >= 11 is 0. The molecule has 28 heavy (non-hydrogen) atoms. The van der Waals surface area contributed by atoms with Gasteiger partial charge in [0, 0.05) is 12.6 Å². The summed E-state index contributed by atoms with van der Waals surface area (Å²) in [5.41, 5.74) is 11.8. The van der Waals surface area contributed by atoms with Crippen LogP contribution in [0.15, 0.2) is 72.6 Å². The fraction of sp³-hybridized carbons (Fsp3) is 0.150. The van der Waals surface area contributed by atoms with Crippen molar-refractivity contribution in [3.05, 3.63) is 83.7 Å². The molecule has 146 valence electrons. The van der Waals surface area contributed by atoms with Gasteiger partial charge in [-0.05, 0) is 11.1 Å². The lowest BCUT2D eigenvalue weighted by Crippen LogP contribution is -2.49. The van der Waals surface area contributed by atoms with Crippen molar-refractivity contribution >= 4 is 17.9 Å². The standard InChI is InChI=1S/C20H22N4O4/c21-12-17(18(22)25)23-19(26)16(11-14-7-3-1-4-8-14)24-20(27)28-13-15-9-5-2-6-10-15/h1-10,12,16H,11,13,21H2,(H2,22,25)(H,23,26)(H,24,27)/b17-12+/t16-/m0/s1. The monoisotopic (exact) mass is 382 g/mol. The highest BCUT2D eigenvalue weighted by Crippen LogP contribution is 2.06. The molecule has 0 heterocycles. The van der Waals surface area contributed by atoms with E-state index in [0.29, 0.717) is 0 Å². The number of benzene rings is 2. The van der Waals surface area contributed by atoms with Crippen LogP contribution in [0.4, 0.5) is 4.79 Å². The van der Waals surface area contributed by atoms with Crippen molar-refractivity contribution in [2.45, 2.75) is 19.1 Å². The van der Waals surface area contributed by atoms with E-state index in [9.17, 15) is 14.4 Å². The van der Waals surface area contributed by atoms with Gasteiger partial charge in [-0.25, -0.2) is 4.79 Å². The highest BCUT2D eigenvalue weighted by Gasteiger charge is 2.23. The smallest absolute Gasteiger partial charge is 0.408 e. The van der Waals surface area contributed by atoms with Crippen LogP contribution in [0.25, 0.3) is 0 Å². The Morgan fingerprint density at radius 1 is 0.964 bits per heavy atom. The van der Waals surface area contributed by atoms with Crippen molar-refractivity contribution in [3.8, 4) is 0 Å². The van der Waals surface area contributed by atoms with Crippen LogP contribution >= 0.6 is 0 Å². The average Bonchev–Trinajstić information content (AvgIpc) is 2.71. The van der Waals surface area contributed by atoms with Gasteiger partial charge in [-0.15, -0.1) is 0 Å². The molecule has 0 spiro atoms. The molecule has 0 unspecified atom stereocenters. The van der Waals surface area contributed by atoms with Gasteiger partial charge >= 0.3 is 6.09 Å². The summed E-state index contributed by atoms with van der Waals surface area (Å²) < 4.78 is 5.16. The Hall–Kier alpha value is -3.81. The Balaban J connectivity index is 2.05. The normalized spacial score (nSPS) is 11.9. The zero-order valence-electron chi connectivity index (χ0n) is 15.1. The molecule has 0 saturated heterocycles. The van der Waals surface area contributed by atoms with Crippen LogP contribution in [0, 0.1) is 0 Å². The summed E-state index contributed by atoms with van der Waals surface area (Å²) in [6.07, 6.45) is 0.314. The highest BCUT2D eigenvalue weighted by atomic mass is 16.5. The van der Waals surface area contributed by atoms with Crippen LogP contribution in [0.5, 0.6) is 0 Å². The summed E-state index contributed by atoms with van der Waals surface area (Å²) in [4.78, 5) is 36.0. The molecule has 8 nitrogen and oxygen atoms in total. The summed E-state index contributed by atoms with van der Waals surface area (Å²) in [7, 11) is 0. The minimum Gasteiger partial charge on any atom is -0.445 e. The fourth-order valence-corrected chi connectivity index (χ4v) is 2.37. The average molecular weight is 382 g/mol. The molecular weight excluding hydrogens is 360 g/mol. The lowest BCUT2D eigenvalue weighted by molar-refractivity contribution is -0.124. The van der Waals surface area contributed by atoms with E-state index in [0.717, 1.165) is 17.3 Å². The lowest BCUT2D eigenvalue weighted by atomic mass is 10.1. The summed E-state index contributed by atoms with van der Waals surface area (Å²) in [6.45, 7) is 0.0571. The summed E-state index contributed by atoms with van der Waals surface area (Å²) in [6, 6.07) is 17.2. The Bertz CT molecular complexity index is 838. The Morgan fingerprint density at radius 3 is 2.07 bits per heavy atom. The Morgan fingerprint density at radius 2 is 1.54 bits per heavy atom. The molecule has 0 saturated carbocycles. The first-order valence-electron chi connectivity index (χ1n) is 8.53. The van der Waals surface area contributed by atoms with Crippen molar-refractivity contribution in [3.63, 3.8) is 0 Å². The van der Waals surface area contributed by atoms with E-state index in [1.54, 1.807) is 0 Å². The van der Waals surface area contributed by atoms with Crippen molar-refractivity contribution < 1.29 is 19.1 Å². The third-order valence-corrected chi connectivity index (χ3v) is 3.79. The molecule has 0 aliphatic heterocycles. The fourth-order valence-electron chi connectivity index (χ4n) is 2.37. The number of carbonyl (C=O) groups is 3. The van der Waals surface area contributed by atoms with Crippen LogP contribution in [-0.2, 0) is 27.4 Å². The minimum absolute atomic E-state index is 0.0571. The molecule has 2 rings (SSSR count). The topological polar surface area (TPSA) is 137 Å². The van der Waals surface area contributed by atoms with Gasteiger partial charge in [0.05, 0.1) is 0 Å². The van der Waals surface area contributed by atoms with Gasteiger partial charge in [-0.1, -0.05) is 60.7 Å². The van der Waals surface area contributed by atoms with Crippen LogP contribution in [0.3, 0.4) is 0 Å². The molecule has 6 N–H and O–H groups in total. The van der Waals surface area contributed by atoms with Crippen LogP contribution < -0.4 is 22.1 Å². The van der Waals surface area contributed by atoms with Gasteiger partial charge in [0.1, 0.15) is 18.3 Å². The van der Waals surface area contributed by atoms with E-state index in [-0.39, 0.29) is 18.7 Å². The predicted molar refractivity (Wildman–Crippen MR) is 103 cm³/mol. The molecule has 0 aliphatic rings. The number of hydrogen-bond acceptors (Lipinski definition) is 5. The number of nitrogens with two attached hydrogens (primary N) is 2. The number of rotatable bonds is 8. The van der Waals surface area contributed by atoms with Gasteiger partial charge in [0.15, 0.2) is 0 Å². The summed E-state index contributed by atoms with van der Waals surface area (Å²) in [5.74, 6) is -1.53. The van der Waals surface area contributed by atoms with Gasteiger partial charge < -0.3 is 26.8 Å². The quantitative estimate of drug-likeness (QED) is 0.503. The molecule has 0 bridgehead atoms. The van der Waals surface area contributed by atoms with E-state index in [1.165, 1.54) is 0 Å². The van der Waals surface area contributed by atoms with Crippen molar-refractivity contribution in [2.75, 3.05) is 0 Å². The minimum atomic E-state index is -1.00. The van der Waals surface area contributed by atoms with Crippen molar-refractivity contribution in [2.24, 2.45) is 11.5 Å². The number of alkyl carbamates (subject to hydrolysis) is 1. The van der Waals surface area contributed by atoms with Crippen molar-refractivity contribution in [1.82, 2.24) is 10.6 Å². The maximum Gasteiger partial charge on any atom is 0.408 e. The first-order valence-corrected chi connectivity index (χ1v) is 8.53. The van der Waals surface area contributed by atoms with Gasteiger partial charge in [-0.2, -0.15) is 0 Å². The van der Waals surface area contributed by atoms with Crippen LogP contribution in [-0.4, -0.2) is 23.9 Å². The maximum atomic E-state index is 12.5. The number of carbonyl (C=O) groups excluding carboxylic acids is 3. The second-order valence-corrected chi connectivity index (χ2v) is 5.88. The highest BCUT2D eigenvalue weighted by molar-refractivity contribution is 5.98. The second-order valence-electron chi connectivity index (χ2n) is 5.88. The molecule has 0 aliphatic carbocycles. The Labute approximate surface area is 162 Å². The third-order valence-electron chi connectivity index (χ3n) is 3.79. The number of hydrogen-bond donors (Lipinski definition) is 4. The number of ether oxygens (including phenoxy) is 1. The van der Waals surface area contributed by atoms with E-state index in [4.69, 9.17) is 16.2 Å². The Kier molecular flexibility index (Phi) is 7.59. The molecule has 0 aromatic heterocycles. The van der Waals surface area contributed by atoms with Gasteiger partial charge in [-0.3, -0.25) is 9.59 Å². The van der Waals surface area contributed by atoms with E-state index in [1.807, 2.05) is 60.7 Å². The molecule has 3 amide bonds. The lowest BCUT2D eigenvalue weighted by Gasteiger charge is -2.19. The predicted octanol–water partition coefficient (Wildman–Crippen LogP) is 0.926. The van der Waals surface area contributed by atoms with E-state index < -0.39 is 23.9 Å². The largest absolute Gasteiger partial charge is 0.445 e. The van der Waals surface area contributed by atoms with Crippen LogP contribution in [0.2, 0.25) is 0 Å². The molecule has 0 fully saturated rings. The molecule has 8 heteroatoms. The molecule has 0 radical (unpaired) electrons. The molecule has 2 aromatic carbocycles. The zero-order valence-corrected chi connectivity index (χ0v) is 15.1. The molecular formula is C20H22N4O4. The maximum absolute atomic E-state index is 12.5. The molecule has 2 aromatic rings. The third kappa shape index (κ3) is 6.49. The number of nitrogens with one attached hydrogen (secondary N) is 2. The van der Waals surface area contributed by atoms with Gasteiger partial charge in [0.2, 0.25) is 5.91 Å². The van der Waals surface area contributed by atoms with Gasteiger partial charge in [0.25, 0.3) is 5.91 Å².